The first kappa shape index (κ1) is 3.12. The fourth-order valence-corrected chi connectivity index (χ4v) is 0.935. The molecule has 0 unspecified atom stereocenters. The van der Waals surface area contributed by atoms with Gasteiger partial charge in [0, 0.05) is 10.2 Å². The highest BCUT2D eigenvalue weighted by Gasteiger charge is 2.07. The maximum Gasteiger partial charge on any atom is 0.124 e. The Hall–Kier alpha value is -1.26. The fourth-order valence-electron chi connectivity index (χ4n) is 0.935. The molecule has 0 radical (unpaired) electrons. The summed E-state index contributed by atoms with van der Waals surface area (Å²) in [6, 6.07) is -3.65. The van der Waals surface area contributed by atoms with Gasteiger partial charge in [-0.1, -0.05) is 36.1 Å². The summed E-state index contributed by atoms with van der Waals surface area (Å²) in [5.74, 6) is 1.87. The number of benzene rings is 1. The second-order valence-corrected chi connectivity index (χ2v) is 2.76. The molecule has 0 heterocycles. The molecule has 1 aromatic carbocycles. The lowest BCUT2D eigenvalue weighted by atomic mass is 10.1. The molecule has 0 bridgehead atoms. The number of hydrogen-bond donors (Lipinski definition) is 0. The van der Waals surface area contributed by atoms with Crippen molar-refractivity contribution in [1.82, 2.24) is 4.90 Å². The summed E-state index contributed by atoms with van der Waals surface area (Å²) in [4.78, 5) is 0.461. The van der Waals surface area contributed by atoms with Crippen LogP contribution in [0.25, 0.3) is 0 Å². The molecule has 1 atom stereocenters. The average Bonchev–Trinajstić information content (AvgIpc) is 2.45. The Kier molecular flexibility index (Phi) is 1.22. The molecule has 1 heteroatoms. The van der Waals surface area contributed by atoms with E-state index in [1.807, 2.05) is 5.92 Å². The predicted molar refractivity (Wildman–Crippen MR) is 61.1 cm³/mol. The summed E-state index contributed by atoms with van der Waals surface area (Å²) < 4.78 is 83.7. The average molecular weight is 198 g/mol. The lowest BCUT2D eigenvalue weighted by Gasteiger charge is -2.22. The third-order valence-corrected chi connectivity index (χ3v) is 1.67. The first-order valence-electron chi connectivity index (χ1n) is 9.54. The van der Waals surface area contributed by atoms with E-state index in [9.17, 15) is 0 Å². The van der Waals surface area contributed by atoms with Gasteiger partial charge in [-0.2, -0.15) is 0 Å². The van der Waals surface area contributed by atoms with Gasteiger partial charge in [0.05, 0.1) is 16.1 Å². The molecule has 0 aliphatic rings. The summed E-state index contributed by atoms with van der Waals surface area (Å²) in [5.41, 5.74) is -0.109. The molecule has 0 aliphatic carbocycles. The smallest absolute Gasteiger partial charge is 0.124 e. The first-order chi connectivity index (χ1) is 11.3. The van der Waals surface area contributed by atoms with Gasteiger partial charge < -0.3 is 0 Å². The van der Waals surface area contributed by atoms with Crippen LogP contribution in [0.2, 0.25) is 0 Å². The minimum Gasteiger partial charge on any atom is -0.292 e. The minimum absolute atomic E-state index is 0.109. The highest BCUT2D eigenvalue weighted by molar-refractivity contribution is 5.15. The Morgan fingerprint density at radius 1 is 1.71 bits per heavy atom. The van der Waals surface area contributed by atoms with Gasteiger partial charge in [0.25, 0.3) is 0 Å². The second kappa shape index (κ2) is 5.47. The Morgan fingerprint density at radius 2 is 2.50 bits per heavy atom. The van der Waals surface area contributed by atoms with Crippen molar-refractivity contribution >= 4 is 0 Å². The summed E-state index contributed by atoms with van der Waals surface area (Å²) in [6.07, 6.45) is 1.30. The normalized spacial score (nSPS) is 25.1. The van der Waals surface area contributed by atoms with Gasteiger partial charge in [-0.3, -0.25) is 4.90 Å². The molecule has 1 nitrogen and oxygen atoms in total. The Morgan fingerprint density at radius 3 is 3.14 bits per heavy atom. The number of rotatable bonds is 4. The molecular weight excluding hydrogens is 170 g/mol. The monoisotopic (exact) mass is 198 g/mol. The fraction of sp³-hybridized carbons (Fsp3) is 0.385. The van der Waals surface area contributed by atoms with E-state index in [0.717, 1.165) is 0 Å². The van der Waals surface area contributed by atoms with E-state index in [1.165, 1.54) is 6.92 Å². The van der Waals surface area contributed by atoms with Crippen LogP contribution in [0, 0.1) is 12.3 Å². The molecule has 74 valence electrons. The van der Waals surface area contributed by atoms with Gasteiger partial charge in [-0.05, 0) is 25.9 Å². The van der Waals surface area contributed by atoms with Crippen LogP contribution >= 0.6 is 0 Å². The molecule has 14 heavy (non-hydrogen) atoms. The minimum atomic E-state index is -2.90. The van der Waals surface area contributed by atoms with Crippen LogP contribution in [0.3, 0.4) is 0 Å². The Bertz CT molecular complexity index is 684. The standard InChI is InChI=1S/C13H17N/c1-4-10-14(3)12(2)11-13-8-6-5-7-9-13/h1,5-9,12H,10-11H2,2-3H3/t12-/m1/s1/i1D,3D3,5D,6D,7D,8D,9D,10D2. The molecule has 0 fully saturated rings. The van der Waals surface area contributed by atoms with Gasteiger partial charge in [-0.15, -0.1) is 6.40 Å². The van der Waals surface area contributed by atoms with Gasteiger partial charge in [0.1, 0.15) is 1.37 Å². The zero-order chi connectivity index (χ0) is 19.7. The zero-order valence-corrected chi connectivity index (χ0v) is 7.73. The van der Waals surface area contributed by atoms with Crippen molar-refractivity contribution in [3.05, 3.63) is 35.8 Å². The summed E-state index contributed by atoms with van der Waals surface area (Å²) in [6.45, 7) is -4.20. The third kappa shape index (κ3) is 3.24. The molecular formula is C13H17N. The van der Waals surface area contributed by atoms with E-state index in [-0.39, 0.29) is 12.0 Å². The number of hydrogen-bond acceptors (Lipinski definition) is 1. The van der Waals surface area contributed by atoms with Crippen molar-refractivity contribution < 1.29 is 15.1 Å². The molecule has 0 aromatic heterocycles. The highest BCUT2D eigenvalue weighted by atomic mass is 15.1. The van der Waals surface area contributed by atoms with Crippen molar-refractivity contribution in [2.45, 2.75) is 19.4 Å². The lowest BCUT2D eigenvalue weighted by Crippen LogP contribution is -2.31. The van der Waals surface area contributed by atoms with Gasteiger partial charge >= 0.3 is 0 Å². The van der Waals surface area contributed by atoms with Gasteiger partial charge in [0.15, 0.2) is 0 Å². The van der Waals surface area contributed by atoms with Crippen molar-refractivity contribution in [2.75, 3.05) is 13.5 Å². The second-order valence-electron chi connectivity index (χ2n) is 2.76. The van der Waals surface area contributed by atoms with E-state index in [2.05, 4.69) is 0 Å². The molecule has 0 aliphatic heterocycles. The Labute approximate surface area is 102 Å². The van der Waals surface area contributed by atoms with E-state index >= 15 is 0 Å². The maximum atomic E-state index is 7.88. The van der Waals surface area contributed by atoms with Crippen molar-refractivity contribution in [3.8, 4) is 12.3 Å². The number of likely N-dealkylation sites (N-methyl/N-ethyl adjacent to an activating group) is 1. The Balaban J connectivity index is 3.40. The number of terminal acetylenes is 1. The predicted octanol–water partition coefficient (Wildman–Crippen LogP) is 2.18. The maximum absolute atomic E-state index is 7.88. The molecule has 0 amide bonds. The molecule has 0 saturated carbocycles. The van der Waals surface area contributed by atoms with E-state index < -0.39 is 49.7 Å². The molecule has 0 N–H and O–H groups in total. The van der Waals surface area contributed by atoms with E-state index in [1.54, 1.807) is 6.40 Å². The molecule has 0 saturated heterocycles. The van der Waals surface area contributed by atoms with Crippen molar-refractivity contribution in [1.29, 1.82) is 0 Å². The van der Waals surface area contributed by atoms with E-state index in [0.29, 0.717) is 4.90 Å². The zero-order valence-electron chi connectivity index (χ0n) is 18.7. The lowest BCUT2D eigenvalue weighted by molar-refractivity contribution is 0.287. The van der Waals surface area contributed by atoms with Crippen LogP contribution in [-0.4, -0.2) is 24.4 Å². The van der Waals surface area contributed by atoms with Crippen LogP contribution in [0.5, 0.6) is 0 Å². The first-order valence-corrected chi connectivity index (χ1v) is 4.04. The van der Waals surface area contributed by atoms with E-state index in [4.69, 9.17) is 15.1 Å². The van der Waals surface area contributed by atoms with Crippen LogP contribution in [-0.2, 0) is 6.42 Å². The van der Waals surface area contributed by atoms with Gasteiger partial charge in [-0.25, -0.2) is 0 Å². The molecule has 1 rings (SSSR count). The molecule has 1 aromatic rings. The third-order valence-electron chi connectivity index (χ3n) is 1.67. The SMILES string of the molecule is [2H]C#CC([2H])([2H])N([C@H](C)Cc1c([2H])c([2H])c([2H])c([2H])c1[2H])C([2H])([2H])[2H]. The van der Waals surface area contributed by atoms with Gasteiger partial charge in [0.2, 0.25) is 0 Å². The van der Waals surface area contributed by atoms with Crippen LogP contribution in [0.4, 0.5) is 0 Å². The van der Waals surface area contributed by atoms with Crippen LogP contribution < -0.4 is 0 Å². The van der Waals surface area contributed by atoms with Crippen LogP contribution in [0.1, 0.15) is 27.6 Å². The highest BCUT2D eigenvalue weighted by Crippen LogP contribution is 2.06. The summed E-state index contributed by atoms with van der Waals surface area (Å²) in [5, 5.41) is 0. The molecule has 0 spiro atoms. The largest absolute Gasteiger partial charge is 0.292 e. The van der Waals surface area contributed by atoms with Crippen molar-refractivity contribution in [3.63, 3.8) is 0 Å². The summed E-state index contributed by atoms with van der Waals surface area (Å²) in [7, 11) is 0. The quantitative estimate of drug-likeness (QED) is 0.670. The number of nitrogens with zero attached hydrogens (tertiary/aromatic N) is 1. The van der Waals surface area contributed by atoms with Crippen molar-refractivity contribution in [2.24, 2.45) is 0 Å². The summed E-state index contributed by atoms with van der Waals surface area (Å²) >= 11 is 0. The van der Waals surface area contributed by atoms with Crippen LogP contribution in [0.15, 0.2) is 30.2 Å². The topological polar surface area (TPSA) is 3.24 Å².